The van der Waals surface area contributed by atoms with Crippen molar-refractivity contribution in [2.24, 2.45) is 5.73 Å². The summed E-state index contributed by atoms with van der Waals surface area (Å²) in [4.78, 5) is 11.1. The first-order valence-corrected chi connectivity index (χ1v) is 6.36. The Hall–Kier alpha value is -1.35. The molecule has 0 heterocycles. The van der Waals surface area contributed by atoms with Crippen LogP contribution in [0.5, 0.6) is 0 Å². The highest BCUT2D eigenvalue weighted by Crippen LogP contribution is 2.34. The fraction of sp³-hybridized carbons (Fsp3) is 0.533. The van der Waals surface area contributed by atoms with E-state index >= 15 is 0 Å². The zero-order chi connectivity index (χ0) is 13.9. The zero-order valence-corrected chi connectivity index (χ0v) is 11.7. The topological polar surface area (TPSA) is 63.3 Å². The van der Waals surface area contributed by atoms with Gasteiger partial charge in [0.15, 0.2) is 0 Å². The van der Waals surface area contributed by atoms with Crippen molar-refractivity contribution in [3.63, 3.8) is 0 Å². The molecule has 3 nitrogen and oxygen atoms in total. The average molecular weight is 249 g/mol. The van der Waals surface area contributed by atoms with E-state index in [0.717, 1.165) is 17.5 Å². The van der Waals surface area contributed by atoms with E-state index < -0.39 is 11.4 Å². The first-order valence-electron chi connectivity index (χ1n) is 6.36. The Bertz CT molecular complexity index is 442. The van der Waals surface area contributed by atoms with Crippen LogP contribution in [0.4, 0.5) is 0 Å². The third-order valence-electron chi connectivity index (χ3n) is 3.77. The van der Waals surface area contributed by atoms with Crippen molar-refractivity contribution in [2.45, 2.75) is 52.0 Å². The largest absolute Gasteiger partial charge is 0.481 e. The van der Waals surface area contributed by atoms with Crippen LogP contribution < -0.4 is 5.73 Å². The minimum Gasteiger partial charge on any atom is -0.481 e. The van der Waals surface area contributed by atoms with Crippen LogP contribution in [0.15, 0.2) is 18.2 Å². The van der Waals surface area contributed by atoms with Gasteiger partial charge in [0.25, 0.3) is 0 Å². The first kappa shape index (κ1) is 14.7. The van der Waals surface area contributed by atoms with Gasteiger partial charge in [0, 0.05) is 11.5 Å². The molecule has 0 saturated carbocycles. The molecule has 2 atom stereocenters. The molecule has 0 aromatic heterocycles. The number of hydrogen-bond donors (Lipinski definition) is 2. The second kappa shape index (κ2) is 5.53. The lowest BCUT2D eigenvalue weighted by Gasteiger charge is -2.35. The van der Waals surface area contributed by atoms with Crippen molar-refractivity contribution in [1.82, 2.24) is 0 Å². The Morgan fingerprint density at radius 1 is 1.44 bits per heavy atom. The minimum atomic E-state index is -0.804. The number of nitrogens with two attached hydrogens (primary N) is 1. The van der Waals surface area contributed by atoms with Gasteiger partial charge in [-0.05, 0) is 31.4 Å². The molecule has 0 radical (unpaired) electrons. The van der Waals surface area contributed by atoms with Gasteiger partial charge in [-0.2, -0.15) is 0 Å². The van der Waals surface area contributed by atoms with Crippen molar-refractivity contribution in [2.75, 3.05) is 0 Å². The molecule has 0 spiro atoms. The lowest BCUT2D eigenvalue weighted by molar-refractivity contribution is -0.138. The molecule has 0 aliphatic rings. The number of carbonyl (C=O) groups is 1. The number of hydrogen-bond acceptors (Lipinski definition) is 2. The molecular weight excluding hydrogens is 226 g/mol. The molecule has 3 heteroatoms. The summed E-state index contributed by atoms with van der Waals surface area (Å²) in [5, 5.41) is 9.14. The van der Waals surface area contributed by atoms with Gasteiger partial charge in [-0.25, -0.2) is 0 Å². The summed E-state index contributed by atoms with van der Waals surface area (Å²) in [5.74, 6) is -0.804. The van der Waals surface area contributed by atoms with Crippen molar-refractivity contribution >= 4 is 5.97 Å². The second-order valence-corrected chi connectivity index (χ2v) is 5.32. The summed E-state index contributed by atoms with van der Waals surface area (Å²) >= 11 is 0. The van der Waals surface area contributed by atoms with Crippen LogP contribution in [0.25, 0.3) is 0 Å². The molecule has 0 aliphatic carbocycles. The third kappa shape index (κ3) is 2.91. The lowest BCUT2D eigenvalue weighted by Crippen LogP contribution is -2.44. The molecule has 18 heavy (non-hydrogen) atoms. The number of aliphatic carboxylic acids is 1. The molecule has 1 rings (SSSR count). The summed E-state index contributed by atoms with van der Waals surface area (Å²) in [6.07, 6.45) is 0.822. The number of benzene rings is 1. The van der Waals surface area contributed by atoms with Gasteiger partial charge in [-0.3, -0.25) is 4.79 Å². The van der Waals surface area contributed by atoms with Crippen molar-refractivity contribution in [3.05, 3.63) is 34.9 Å². The molecule has 3 N–H and O–H groups in total. The van der Waals surface area contributed by atoms with E-state index in [0.29, 0.717) is 0 Å². The van der Waals surface area contributed by atoms with Crippen molar-refractivity contribution < 1.29 is 9.90 Å². The van der Waals surface area contributed by atoms with E-state index in [1.807, 2.05) is 39.8 Å². The Morgan fingerprint density at radius 3 is 2.50 bits per heavy atom. The maximum atomic E-state index is 11.1. The Morgan fingerprint density at radius 2 is 2.06 bits per heavy atom. The van der Waals surface area contributed by atoms with Gasteiger partial charge in [0.2, 0.25) is 0 Å². The van der Waals surface area contributed by atoms with Crippen molar-refractivity contribution in [1.29, 1.82) is 0 Å². The van der Waals surface area contributed by atoms with Crippen LogP contribution in [0.3, 0.4) is 0 Å². The summed E-state index contributed by atoms with van der Waals surface area (Å²) in [7, 11) is 0. The molecule has 0 bridgehead atoms. The number of carboxylic acid groups (broad SMARTS) is 1. The molecule has 0 fully saturated rings. The molecule has 1 aromatic carbocycles. The van der Waals surface area contributed by atoms with Crippen LogP contribution >= 0.6 is 0 Å². The quantitative estimate of drug-likeness (QED) is 0.843. The fourth-order valence-corrected chi connectivity index (χ4v) is 2.65. The van der Waals surface area contributed by atoms with Gasteiger partial charge in [0.1, 0.15) is 0 Å². The second-order valence-electron chi connectivity index (χ2n) is 5.32. The van der Waals surface area contributed by atoms with E-state index in [4.69, 9.17) is 10.8 Å². The predicted molar refractivity (Wildman–Crippen MR) is 73.8 cm³/mol. The molecule has 100 valence electrons. The highest BCUT2D eigenvalue weighted by atomic mass is 16.4. The molecule has 0 aliphatic heterocycles. The standard InChI is InChI=1S/C15H23NO2/c1-5-13(16)15(4,9-14(17)18)12-7-6-10(2)8-11(12)3/h6-8,13H,5,9,16H2,1-4H3,(H,17,18). The monoisotopic (exact) mass is 249 g/mol. The van der Waals surface area contributed by atoms with Crippen LogP contribution in [0.1, 0.15) is 43.4 Å². The molecular formula is C15H23NO2. The summed E-state index contributed by atoms with van der Waals surface area (Å²) < 4.78 is 0. The van der Waals surface area contributed by atoms with E-state index in [1.165, 1.54) is 5.56 Å². The minimum absolute atomic E-state index is 0.0614. The smallest absolute Gasteiger partial charge is 0.304 e. The van der Waals surface area contributed by atoms with Gasteiger partial charge in [-0.1, -0.05) is 37.6 Å². The maximum Gasteiger partial charge on any atom is 0.304 e. The highest BCUT2D eigenvalue weighted by Gasteiger charge is 2.36. The Labute approximate surface area is 109 Å². The molecule has 2 unspecified atom stereocenters. The van der Waals surface area contributed by atoms with Crippen LogP contribution in [0.2, 0.25) is 0 Å². The third-order valence-corrected chi connectivity index (χ3v) is 3.77. The van der Waals surface area contributed by atoms with Gasteiger partial charge < -0.3 is 10.8 Å². The van der Waals surface area contributed by atoms with Crippen LogP contribution in [-0.2, 0) is 10.2 Å². The number of rotatable bonds is 5. The van der Waals surface area contributed by atoms with Gasteiger partial charge in [0.05, 0.1) is 6.42 Å². The Balaban J connectivity index is 3.29. The molecule has 0 amide bonds. The van der Waals surface area contributed by atoms with Crippen LogP contribution in [-0.4, -0.2) is 17.1 Å². The first-order chi connectivity index (χ1) is 8.31. The van der Waals surface area contributed by atoms with Crippen molar-refractivity contribution in [3.8, 4) is 0 Å². The van der Waals surface area contributed by atoms with Crippen LogP contribution in [0, 0.1) is 13.8 Å². The average Bonchev–Trinajstić information content (AvgIpc) is 2.26. The van der Waals surface area contributed by atoms with Gasteiger partial charge in [-0.15, -0.1) is 0 Å². The fourth-order valence-electron chi connectivity index (χ4n) is 2.65. The number of carboxylic acids is 1. The summed E-state index contributed by atoms with van der Waals surface area (Å²) in [5.41, 5.74) is 9.00. The molecule has 0 saturated heterocycles. The normalized spacial score (nSPS) is 16.1. The highest BCUT2D eigenvalue weighted by molar-refractivity contribution is 5.69. The predicted octanol–water partition coefficient (Wildman–Crippen LogP) is 2.77. The lowest BCUT2D eigenvalue weighted by atomic mass is 9.71. The molecule has 1 aromatic rings. The Kier molecular flexibility index (Phi) is 4.52. The van der Waals surface area contributed by atoms with E-state index in [9.17, 15) is 4.79 Å². The van der Waals surface area contributed by atoms with E-state index in [2.05, 4.69) is 6.07 Å². The van der Waals surface area contributed by atoms with E-state index in [-0.39, 0.29) is 12.5 Å². The SMILES string of the molecule is CCC(N)C(C)(CC(=O)O)c1ccc(C)cc1C. The van der Waals surface area contributed by atoms with E-state index in [1.54, 1.807) is 0 Å². The number of aryl methyl sites for hydroxylation is 2. The summed E-state index contributed by atoms with van der Waals surface area (Å²) in [6, 6.07) is 5.96. The maximum absolute atomic E-state index is 11.1. The zero-order valence-electron chi connectivity index (χ0n) is 11.7. The summed E-state index contributed by atoms with van der Waals surface area (Å²) in [6.45, 7) is 8.00. The van der Waals surface area contributed by atoms with Gasteiger partial charge >= 0.3 is 5.97 Å².